The maximum Gasteiger partial charge on any atom is 0.412 e. The molecular weight excluding hydrogens is 384 g/mol. The molecule has 0 aliphatic heterocycles. The third-order valence-corrected chi connectivity index (χ3v) is 3.99. The normalized spacial score (nSPS) is 13.3. The second-order valence-corrected chi connectivity index (χ2v) is 7.34. The Morgan fingerprint density at radius 3 is 2.66 bits per heavy atom. The van der Waals surface area contributed by atoms with E-state index in [0.717, 1.165) is 0 Å². The van der Waals surface area contributed by atoms with Crippen molar-refractivity contribution in [3.8, 4) is 17.0 Å². The number of anilines is 1. The van der Waals surface area contributed by atoms with Crippen molar-refractivity contribution < 1.29 is 28.2 Å². The third-order valence-electron chi connectivity index (χ3n) is 3.99. The molecule has 0 aliphatic rings. The zero-order valence-corrected chi connectivity index (χ0v) is 16.8. The van der Waals surface area contributed by atoms with Gasteiger partial charge in [-0.15, -0.1) is 0 Å². The molecule has 0 spiro atoms. The van der Waals surface area contributed by atoms with E-state index in [1.807, 2.05) is 13.8 Å². The first-order valence-corrected chi connectivity index (χ1v) is 9.06. The summed E-state index contributed by atoms with van der Waals surface area (Å²) in [4.78, 5) is 19.5. The summed E-state index contributed by atoms with van der Waals surface area (Å²) in [6.45, 7) is 5.37. The summed E-state index contributed by atoms with van der Waals surface area (Å²) in [5.41, 5.74) is -0.746. The number of nitrogens with zero attached hydrogens (tertiary/aromatic N) is 2. The minimum absolute atomic E-state index is 0.0882. The number of carbonyl (C=O) groups is 1. The Labute approximate surface area is 168 Å². The Bertz CT molecular complexity index is 844. The Kier molecular flexibility index (Phi) is 7.44. The first kappa shape index (κ1) is 22.5. The van der Waals surface area contributed by atoms with Crippen LogP contribution in [0.1, 0.15) is 39.2 Å². The van der Waals surface area contributed by atoms with Crippen molar-refractivity contribution in [3.05, 3.63) is 36.2 Å². The van der Waals surface area contributed by atoms with Crippen molar-refractivity contribution in [2.24, 2.45) is 5.92 Å². The highest BCUT2D eigenvalue weighted by atomic mass is 19.3. The number of rotatable bonds is 8. The first-order valence-electron chi connectivity index (χ1n) is 9.06. The molecule has 0 fully saturated rings. The molecule has 0 bridgehead atoms. The van der Waals surface area contributed by atoms with Crippen molar-refractivity contribution in [1.82, 2.24) is 9.97 Å². The number of hydrogen-bond acceptors (Lipinski definition) is 6. The Morgan fingerprint density at radius 1 is 1.31 bits per heavy atom. The van der Waals surface area contributed by atoms with Crippen molar-refractivity contribution in [1.29, 1.82) is 0 Å². The molecule has 158 valence electrons. The molecule has 0 saturated heterocycles. The zero-order valence-electron chi connectivity index (χ0n) is 16.8. The van der Waals surface area contributed by atoms with Crippen LogP contribution in [0.25, 0.3) is 11.3 Å². The molecule has 2 aromatic heterocycles. The topological polar surface area (TPSA) is 93.6 Å². The van der Waals surface area contributed by atoms with E-state index in [4.69, 9.17) is 4.74 Å². The van der Waals surface area contributed by atoms with Gasteiger partial charge < -0.3 is 14.6 Å². The third kappa shape index (κ3) is 6.63. The van der Waals surface area contributed by atoms with E-state index in [9.17, 15) is 18.7 Å². The van der Waals surface area contributed by atoms with E-state index in [-0.39, 0.29) is 35.3 Å². The molecule has 9 heteroatoms. The average molecular weight is 409 g/mol. The highest BCUT2D eigenvalue weighted by Crippen LogP contribution is 2.33. The van der Waals surface area contributed by atoms with Gasteiger partial charge in [0, 0.05) is 11.8 Å². The van der Waals surface area contributed by atoms with Crippen LogP contribution < -0.4 is 10.1 Å². The van der Waals surface area contributed by atoms with Gasteiger partial charge in [-0.1, -0.05) is 13.8 Å². The highest BCUT2D eigenvalue weighted by Gasteiger charge is 2.25. The van der Waals surface area contributed by atoms with Gasteiger partial charge in [0.15, 0.2) is 0 Å². The fourth-order valence-corrected chi connectivity index (χ4v) is 2.89. The van der Waals surface area contributed by atoms with Gasteiger partial charge in [-0.05, 0) is 37.5 Å². The number of hydrogen-bond donors (Lipinski definition) is 2. The highest BCUT2D eigenvalue weighted by molar-refractivity contribution is 5.84. The SMILES string of the molecule is COC(=O)Nc1cc(-c2cc(C(F)F)c(OC[C@@](C)(O)CC(C)C)cn2)ccn1. The maximum absolute atomic E-state index is 13.6. The predicted octanol–water partition coefficient (Wildman–Crippen LogP) is 4.44. The van der Waals surface area contributed by atoms with E-state index in [1.54, 1.807) is 13.0 Å². The smallest absolute Gasteiger partial charge is 0.412 e. The predicted molar refractivity (Wildman–Crippen MR) is 104 cm³/mol. The average Bonchev–Trinajstić information content (AvgIpc) is 2.65. The van der Waals surface area contributed by atoms with Crippen LogP contribution in [0.5, 0.6) is 5.75 Å². The zero-order chi connectivity index (χ0) is 21.6. The van der Waals surface area contributed by atoms with Crippen molar-refractivity contribution >= 4 is 11.9 Å². The molecule has 0 unspecified atom stereocenters. The lowest BCUT2D eigenvalue weighted by molar-refractivity contribution is -0.00657. The van der Waals surface area contributed by atoms with Crippen molar-refractivity contribution in [2.45, 2.75) is 39.2 Å². The minimum Gasteiger partial charge on any atom is -0.488 e. The van der Waals surface area contributed by atoms with Gasteiger partial charge in [-0.2, -0.15) is 0 Å². The number of aliphatic hydroxyl groups is 1. The summed E-state index contributed by atoms with van der Waals surface area (Å²) in [7, 11) is 1.22. The molecule has 2 aromatic rings. The number of carbonyl (C=O) groups excluding carboxylic acids is 1. The second-order valence-electron chi connectivity index (χ2n) is 7.34. The van der Waals surface area contributed by atoms with E-state index in [0.29, 0.717) is 12.0 Å². The molecular formula is C20H25F2N3O4. The Hall–Kier alpha value is -2.81. The second kappa shape index (κ2) is 9.60. The fraction of sp³-hybridized carbons (Fsp3) is 0.450. The number of halogens is 2. The molecule has 0 saturated carbocycles. The molecule has 7 nitrogen and oxygen atoms in total. The van der Waals surface area contributed by atoms with Crippen LogP contribution in [0.15, 0.2) is 30.6 Å². The molecule has 0 aliphatic carbocycles. The lowest BCUT2D eigenvalue weighted by Crippen LogP contribution is -2.34. The molecule has 0 radical (unpaired) electrons. The van der Waals surface area contributed by atoms with Crippen LogP contribution in [-0.2, 0) is 4.74 Å². The number of nitrogens with one attached hydrogen (secondary N) is 1. The molecule has 0 aromatic carbocycles. The lowest BCUT2D eigenvalue weighted by Gasteiger charge is -2.25. The van der Waals surface area contributed by atoms with Gasteiger partial charge in [0.2, 0.25) is 0 Å². The van der Waals surface area contributed by atoms with E-state index < -0.39 is 18.1 Å². The number of aromatic nitrogens is 2. The van der Waals surface area contributed by atoms with Crippen LogP contribution >= 0.6 is 0 Å². The summed E-state index contributed by atoms with van der Waals surface area (Å²) in [6.07, 6.45) is -0.409. The standard InChI is InChI=1S/C20H25F2N3O4/c1-12(2)9-20(3,27)11-29-16-10-24-15(8-14(16)18(21)22)13-5-6-23-17(7-13)25-19(26)28-4/h5-8,10,12,18,27H,9,11H2,1-4H3,(H,23,25,26)/t20-/m0/s1. The molecule has 1 amide bonds. The van der Waals surface area contributed by atoms with Crippen molar-refractivity contribution in [3.63, 3.8) is 0 Å². The fourth-order valence-electron chi connectivity index (χ4n) is 2.89. The summed E-state index contributed by atoms with van der Waals surface area (Å²) in [5, 5.41) is 12.7. The summed E-state index contributed by atoms with van der Waals surface area (Å²) in [5.74, 6) is 0.331. The van der Waals surface area contributed by atoms with Gasteiger partial charge in [0.05, 0.1) is 30.2 Å². The van der Waals surface area contributed by atoms with Gasteiger partial charge in [-0.3, -0.25) is 10.3 Å². The van der Waals surface area contributed by atoms with Crippen LogP contribution in [0.3, 0.4) is 0 Å². The number of methoxy groups -OCH3 is 1. The van der Waals surface area contributed by atoms with Gasteiger partial charge >= 0.3 is 6.09 Å². The van der Waals surface area contributed by atoms with E-state index in [1.165, 1.54) is 31.6 Å². The monoisotopic (exact) mass is 409 g/mol. The van der Waals surface area contributed by atoms with Gasteiger partial charge in [0.1, 0.15) is 18.2 Å². The van der Waals surface area contributed by atoms with Crippen LogP contribution in [0.4, 0.5) is 19.4 Å². The summed E-state index contributed by atoms with van der Waals surface area (Å²) >= 11 is 0. The summed E-state index contributed by atoms with van der Waals surface area (Å²) < 4.78 is 37.2. The minimum atomic E-state index is -2.80. The lowest BCUT2D eigenvalue weighted by atomic mass is 9.95. The molecule has 1 atom stereocenters. The number of ether oxygens (including phenoxy) is 2. The number of pyridine rings is 2. The van der Waals surface area contributed by atoms with E-state index >= 15 is 0 Å². The molecule has 2 N–H and O–H groups in total. The quantitative estimate of drug-likeness (QED) is 0.670. The summed E-state index contributed by atoms with van der Waals surface area (Å²) in [6, 6.07) is 4.28. The van der Waals surface area contributed by atoms with Crippen LogP contribution in [0, 0.1) is 5.92 Å². The largest absolute Gasteiger partial charge is 0.488 e. The van der Waals surface area contributed by atoms with Gasteiger partial charge in [-0.25, -0.2) is 18.6 Å². The maximum atomic E-state index is 13.6. The van der Waals surface area contributed by atoms with Gasteiger partial charge in [0.25, 0.3) is 6.43 Å². The Balaban J connectivity index is 2.26. The Morgan fingerprint density at radius 2 is 2.03 bits per heavy atom. The van der Waals surface area contributed by atoms with Crippen LogP contribution in [0.2, 0.25) is 0 Å². The molecule has 29 heavy (non-hydrogen) atoms. The van der Waals surface area contributed by atoms with Crippen LogP contribution in [-0.4, -0.2) is 40.5 Å². The number of alkyl halides is 2. The molecule has 2 rings (SSSR count). The number of amides is 1. The first-order chi connectivity index (χ1) is 13.6. The molecule has 2 heterocycles. The van der Waals surface area contributed by atoms with Crippen molar-refractivity contribution in [2.75, 3.05) is 19.0 Å². The van der Waals surface area contributed by atoms with E-state index in [2.05, 4.69) is 20.0 Å².